The highest BCUT2D eigenvalue weighted by Gasteiger charge is 2.19. The van der Waals surface area contributed by atoms with Crippen molar-refractivity contribution >= 4 is 5.69 Å². The highest BCUT2D eigenvalue weighted by atomic mass is 19.1. The molecule has 2 atom stereocenters. The minimum absolute atomic E-state index is 0.264. The van der Waals surface area contributed by atoms with Crippen LogP contribution in [0.5, 0.6) is 0 Å². The van der Waals surface area contributed by atoms with E-state index in [1.165, 1.54) is 6.07 Å². The van der Waals surface area contributed by atoms with Gasteiger partial charge in [-0.05, 0) is 44.4 Å². The minimum Gasteiger partial charge on any atom is -0.389 e. The number of halogens is 1. The van der Waals surface area contributed by atoms with Crippen molar-refractivity contribution in [3.05, 3.63) is 29.1 Å². The minimum atomic E-state index is -0.670. The van der Waals surface area contributed by atoms with Crippen LogP contribution in [0.2, 0.25) is 0 Å². The van der Waals surface area contributed by atoms with E-state index in [1.54, 1.807) is 13.8 Å². The summed E-state index contributed by atoms with van der Waals surface area (Å²) in [5, 5.41) is 9.80. The third-order valence-electron chi connectivity index (χ3n) is 3.71. The Morgan fingerprint density at radius 1 is 1.17 bits per heavy atom. The third kappa shape index (κ3) is 3.02. The standard InChI is InChI=1S/C15H24FNO/c1-9(2)11(4)17(6)15-7-10(3)14(16)8-13(15)12(5)18/h7-9,11-12,18H,1-6H3/t11?,12-/m1/s1. The first-order chi connectivity index (χ1) is 8.25. The van der Waals surface area contributed by atoms with E-state index in [2.05, 4.69) is 25.7 Å². The molecule has 1 rings (SSSR count). The van der Waals surface area contributed by atoms with Gasteiger partial charge in [0.1, 0.15) is 5.82 Å². The van der Waals surface area contributed by atoms with Crippen molar-refractivity contribution in [2.75, 3.05) is 11.9 Å². The van der Waals surface area contributed by atoms with Gasteiger partial charge < -0.3 is 10.0 Å². The summed E-state index contributed by atoms with van der Waals surface area (Å²) in [6.45, 7) is 9.86. The average Bonchev–Trinajstić information content (AvgIpc) is 2.29. The maximum absolute atomic E-state index is 13.6. The molecule has 0 aliphatic carbocycles. The Bertz CT molecular complexity index is 415. The summed E-state index contributed by atoms with van der Waals surface area (Å²) in [7, 11) is 1.99. The van der Waals surface area contributed by atoms with Gasteiger partial charge in [0.2, 0.25) is 0 Å². The molecular weight excluding hydrogens is 229 g/mol. The molecule has 1 N–H and O–H groups in total. The largest absolute Gasteiger partial charge is 0.389 e. The second-order valence-corrected chi connectivity index (χ2v) is 5.43. The number of hydrogen-bond donors (Lipinski definition) is 1. The highest BCUT2D eigenvalue weighted by molar-refractivity contribution is 5.57. The third-order valence-corrected chi connectivity index (χ3v) is 3.71. The van der Waals surface area contributed by atoms with Crippen LogP contribution in [-0.4, -0.2) is 18.2 Å². The monoisotopic (exact) mass is 253 g/mol. The van der Waals surface area contributed by atoms with Crippen LogP contribution in [0, 0.1) is 18.7 Å². The summed E-state index contributed by atoms with van der Waals surface area (Å²) < 4.78 is 13.6. The molecule has 0 fully saturated rings. The summed E-state index contributed by atoms with van der Waals surface area (Å²) in [6, 6.07) is 3.59. The Labute approximate surface area is 109 Å². The summed E-state index contributed by atoms with van der Waals surface area (Å²) in [4.78, 5) is 2.11. The van der Waals surface area contributed by atoms with Gasteiger partial charge in [0, 0.05) is 24.3 Å². The van der Waals surface area contributed by atoms with Crippen molar-refractivity contribution in [1.82, 2.24) is 0 Å². The molecule has 0 aliphatic heterocycles. The zero-order chi connectivity index (χ0) is 14.0. The number of aliphatic hydroxyl groups excluding tert-OH is 1. The Morgan fingerprint density at radius 3 is 2.17 bits per heavy atom. The smallest absolute Gasteiger partial charge is 0.126 e. The van der Waals surface area contributed by atoms with E-state index < -0.39 is 6.10 Å². The molecule has 0 radical (unpaired) electrons. The first kappa shape index (κ1) is 15.0. The van der Waals surface area contributed by atoms with Crippen LogP contribution in [0.1, 0.15) is 44.9 Å². The molecule has 0 saturated heterocycles. The fourth-order valence-electron chi connectivity index (χ4n) is 1.99. The molecular formula is C15H24FNO. The van der Waals surface area contributed by atoms with E-state index in [4.69, 9.17) is 0 Å². The van der Waals surface area contributed by atoms with Crippen LogP contribution in [0.25, 0.3) is 0 Å². The van der Waals surface area contributed by atoms with Gasteiger partial charge in [-0.3, -0.25) is 0 Å². The van der Waals surface area contributed by atoms with Crippen LogP contribution < -0.4 is 4.90 Å². The average molecular weight is 253 g/mol. The molecule has 2 nitrogen and oxygen atoms in total. The molecule has 1 aromatic rings. The molecule has 0 heterocycles. The van der Waals surface area contributed by atoms with E-state index in [-0.39, 0.29) is 5.82 Å². The lowest BCUT2D eigenvalue weighted by Gasteiger charge is -2.32. The molecule has 0 aromatic heterocycles. The van der Waals surface area contributed by atoms with Crippen molar-refractivity contribution in [3.8, 4) is 0 Å². The van der Waals surface area contributed by atoms with E-state index in [1.807, 2.05) is 13.1 Å². The number of hydrogen-bond acceptors (Lipinski definition) is 2. The molecule has 18 heavy (non-hydrogen) atoms. The number of rotatable bonds is 4. The Kier molecular flexibility index (Phi) is 4.74. The lowest BCUT2D eigenvalue weighted by atomic mass is 10.00. The maximum Gasteiger partial charge on any atom is 0.126 e. The fourth-order valence-corrected chi connectivity index (χ4v) is 1.99. The maximum atomic E-state index is 13.6. The lowest BCUT2D eigenvalue weighted by Crippen LogP contribution is -2.34. The number of aryl methyl sites for hydroxylation is 1. The first-order valence-corrected chi connectivity index (χ1v) is 6.46. The predicted molar refractivity (Wildman–Crippen MR) is 74.5 cm³/mol. The second kappa shape index (κ2) is 5.70. The van der Waals surface area contributed by atoms with Crippen molar-refractivity contribution < 1.29 is 9.50 Å². The number of aliphatic hydroxyl groups is 1. The van der Waals surface area contributed by atoms with Crippen molar-refractivity contribution in [2.24, 2.45) is 5.92 Å². The lowest BCUT2D eigenvalue weighted by molar-refractivity contribution is 0.199. The number of nitrogens with zero attached hydrogens (tertiary/aromatic N) is 1. The van der Waals surface area contributed by atoms with Crippen LogP contribution in [0.3, 0.4) is 0 Å². The molecule has 0 spiro atoms. The topological polar surface area (TPSA) is 23.5 Å². The van der Waals surface area contributed by atoms with Gasteiger partial charge in [-0.15, -0.1) is 0 Å². The van der Waals surface area contributed by atoms with Crippen LogP contribution in [0.15, 0.2) is 12.1 Å². The molecule has 0 aliphatic rings. The fraction of sp³-hybridized carbons (Fsp3) is 0.600. The summed E-state index contributed by atoms with van der Waals surface area (Å²) in [5.41, 5.74) is 2.16. The van der Waals surface area contributed by atoms with Crippen molar-refractivity contribution in [2.45, 2.75) is 46.8 Å². The van der Waals surface area contributed by atoms with E-state index in [0.717, 1.165) is 5.69 Å². The van der Waals surface area contributed by atoms with Gasteiger partial charge in [0.05, 0.1) is 6.10 Å². The molecule has 0 bridgehead atoms. The van der Waals surface area contributed by atoms with Crippen molar-refractivity contribution in [1.29, 1.82) is 0 Å². The number of anilines is 1. The van der Waals surface area contributed by atoms with E-state index in [0.29, 0.717) is 23.1 Å². The van der Waals surface area contributed by atoms with E-state index in [9.17, 15) is 9.50 Å². The van der Waals surface area contributed by atoms with Gasteiger partial charge in [-0.2, -0.15) is 0 Å². The number of benzene rings is 1. The Hall–Kier alpha value is -1.09. The van der Waals surface area contributed by atoms with Crippen molar-refractivity contribution in [3.63, 3.8) is 0 Å². The molecule has 1 aromatic carbocycles. The van der Waals surface area contributed by atoms with Gasteiger partial charge in [-0.25, -0.2) is 4.39 Å². The van der Waals surface area contributed by atoms with Crippen LogP contribution in [0.4, 0.5) is 10.1 Å². The molecule has 3 heteroatoms. The Morgan fingerprint density at radius 2 is 1.72 bits per heavy atom. The van der Waals surface area contributed by atoms with Gasteiger partial charge in [0.25, 0.3) is 0 Å². The predicted octanol–water partition coefficient (Wildman–Crippen LogP) is 3.67. The normalized spacial score (nSPS) is 14.7. The van der Waals surface area contributed by atoms with Crippen LogP contribution >= 0.6 is 0 Å². The van der Waals surface area contributed by atoms with Gasteiger partial charge >= 0.3 is 0 Å². The molecule has 0 amide bonds. The summed E-state index contributed by atoms with van der Waals surface area (Å²) in [5.74, 6) is 0.224. The van der Waals surface area contributed by atoms with E-state index >= 15 is 0 Å². The zero-order valence-corrected chi connectivity index (χ0v) is 12.2. The summed E-state index contributed by atoms with van der Waals surface area (Å²) in [6.07, 6.45) is -0.670. The molecule has 0 saturated carbocycles. The Balaban J connectivity index is 3.25. The van der Waals surface area contributed by atoms with Gasteiger partial charge in [0.15, 0.2) is 0 Å². The first-order valence-electron chi connectivity index (χ1n) is 6.46. The quantitative estimate of drug-likeness (QED) is 0.885. The molecule has 1 unspecified atom stereocenters. The van der Waals surface area contributed by atoms with Crippen LogP contribution in [-0.2, 0) is 0 Å². The SMILES string of the molecule is Cc1cc(N(C)C(C)C(C)C)c([C@@H](C)O)cc1F. The van der Waals surface area contributed by atoms with Gasteiger partial charge in [-0.1, -0.05) is 13.8 Å². The zero-order valence-electron chi connectivity index (χ0n) is 12.2. The second-order valence-electron chi connectivity index (χ2n) is 5.43. The summed E-state index contributed by atoms with van der Waals surface area (Å²) >= 11 is 0. The molecule has 102 valence electrons. The highest BCUT2D eigenvalue weighted by Crippen LogP contribution is 2.30.